The molecule has 0 spiro atoms. The highest BCUT2D eigenvalue weighted by Gasteiger charge is 2.09. The largest absolute Gasteiger partial charge is 0.772 e. The normalized spacial score (nSPS) is 11.5. The van der Waals surface area contributed by atoms with Gasteiger partial charge in [0.05, 0.1) is 5.75 Å². The van der Waals surface area contributed by atoms with Crippen LogP contribution in [0.4, 0.5) is 0 Å². The van der Waals surface area contributed by atoms with Crippen LogP contribution in [0.1, 0.15) is 6.42 Å². The predicted octanol–water partition coefficient (Wildman–Crippen LogP) is 0.0986. The van der Waals surface area contributed by atoms with E-state index in [0.717, 1.165) is 7.05 Å². The number of rotatable bonds is 4. The predicted molar refractivity (Wildman–Crippen MR) is 42.7 cm³/mol. The molecule has 0 saturated carbocycles. The standard InChI is InChI=1S/C5H10N2O3S/c1-6-4-3-5-11(9,10)7(2)8/h1H,3-5H2,2H3. The third-order valence-electron chi connectivity index (χ3n) is 1.08. The van der Waals surface area contributed by atoms with E-state index in [0.29, 0.717) is 0 Å². The van der Waals surface area contributed by atoms with Crippen LogP contribution in [0.5, 0.6) is 0 Å². The maximum absolute atomic E-state index is 10.7. The van der Waals surface area contributed by atoms with E-state index in [-0.39, 0.29) is 23.2 Å². The summed E-state index contributed by atoms with van der Waals surface area (Å²) in [7, 11) is -2.65. The Bertz CT molecular complexity index is 239. The lowest BCUT2D eigenvalue weighted by Crippen LogP contribution is -2.23. The van der Waals surface area contributed by atoms with Crippen molar-refractivity contribution in [2.75, 3.05) is 19.3 Å². The lowest BCUT2D eigenvalue weighted by molar-refractivity contribution is 0.538. The van der Waals surface area contributed by atoms with Crippen LogP contribution in [-0.4, -0.2) is 32.2 Å². The van der Waals surface area contributed by atoms with E-state index in [1.54, 1.807) is 0 Å². The molecule has 0 saturated heterocycles. The lowest BCUT2D eigenvalue weighted by Gasteiger charge is -2.20. The summed E-state index contributed by atoms with van der Waals surface area (Å²) in [5.41, 5.74) is 0. The Morgan fingerprint density at radius 1 is 1.64 bits per heavy atom. The molecule has 0 bridgehead atoms. The third kappa shape index (κ3) is 3.93. The molecule has 0 aromatic heterocycles. The SMILES string of the molecule is C#[N+]CCCS(=O)(=O)N(C)[O-]. The third-order valence-corrected chi connectivity index (χ3v) is 2.67. The van der Waals surface area contributed by atoms with Gasteiger partial charge in [0.25, 0.3) is 13.1 Å². The molecule has 0 rings (SSSR count). The topological polar surface area (TPSA) is 64.8 Å². The summed E-state index contributed by atoms with van der Waals surface area (Å²) in [4.78, 5) is 3.21. The zero-order chi connectivity index (χ0) is 8.91. The molecule has 6 heteroatoms. The Hall–Kier alpha value is -0.640. The highest BCUT2D eigenvalue weighted by atomic mass is 32.2. The molecule has 0 heterocycles. The molecule has 11 heavy (non-hydrogen) atoms. The molecular weight excluding hydrogens is 168 g/mol. The first-order valence-corrected chi connectivity index (χ1v) is 4.62. The Morgan fingerprint density at radius 2 is 2.18 bits per heavy atom. The molecular formula is C5H10N2O3S. The van der Waals surface area contributed by atoms with E-state index in [1.807, 2.05) is 0 Å². The van der Waals surface area contributed by atoms with Gasteiger partial charge in [-0.05, 0) is 7.05 Å². The van der Waals surface area contributed by atoms with E-state index < -0.39 is 10.0 Å². The second-order valence-corrected chi connectivity index (χ2v) is 4.07. The Balaban J connectivity index is 3.87. The van der Waals surface area contributed by atoms with Gasteiger partial charge in [-0.3, -0.25) is 4.47 Å². The van der Waals surface area contributed by atoms with Gasteiger partial charge < -0.3 is 5.21 Å². The maximum Gasteiger partial charge on any atom is 0.264 e. The van der Waals surface area contributed by atoms with Crippen molar-refractivity contribution in [2.24, 2.45) is 0 Å². The summed E-state index contributed by atoms with van der Waals surface area (Å²) in [6, 6.07) is 0. The summed E-state index contributed by atoms with van der Waals surface area (Å²) in [6.07, 6.45) is 0.283. The van der Waals surface area contributed by atoms with Crippen LogP contribution in [0, 0.1) is 11.8 Å². The number of hydrogen-bond donors (Lipinski definition) is 0. The van der Waals surface area contributed by atoms with Gasteiger partial charge in [-0.2, -0.15) is 0 Å². The molecule has 0 aliphatic rings. The van der Waals surface area contributed by atoms with Crippen molar-refractivity contribution in [2.45, 2.75) is 6.42 Å². The van der Waals surface area contributed by atoms with Gasteiger partial charge in [-0.25, -0.2) is 8.42 Å². The smallest absolute Gasteiger partial charge is 0.264 e. The van der Waals surface area contributed by atoms with Crippen LogP contribution in [0.25, 0.3) is 4.85 Å². The molecule has 0 radical (unpaired) electrons. The Kier molecular flexibility index (Phi) is 4.03. The second kappa shape index (κ2) is 4.28. The van der Waals surface area contributed by atoms with Crippen LogP contribution in [0.3, 0.4) is 0 Å². The number of sulfonamides is 1. The van der Waals surface area contributed by atoms with Crippen LogP contribution in [0.15, 0.2) is 0 Å². The van der Waals surface area contributed by atoms with Gasteiger partial charge >= 0.3 is 0 Å². The summed E-state index contributed by atoms with van der Waals surface area (Å²) in [5.74, 6) is -0.201. The van der Waals surface area contributed by atoms with E-state index in [9.17, 15) is 13.6 Å². The average Bonchev–Trinajstić information content (AvgIpc) is 1.88. The van der Waals surface area contributed by atoms with Gasteiger partial charge in [0.1, 0.15) is 0 Å². The highest BCUT2D eigenvalue weighted by molar-refractivity contribution is 7.89. The van der Waals surface area contributed by atoms with Crippen molar-refractivity contribution in [3.8, 4) is 6.57 Å². The van der Waals surface area contributed by atoms with Crippen molar-refractivity contribution in [1.29, 1.82) is 0 Å². The summed E-state index contributed by atoms with van der Waals surface area (Å²) in [5, 5.41) is 10.3. The molecule has 0 N–H and O–H groups in total. The minimum absolute atomic E-state index is 0.0521. The Morgan fingerprint density at radius 3 is 2.55 bits per heavy atom. The first kappa shape index (κ1) is 10.4. The molecule has 0 aromatic rings. The zero-order valence-electron chi connectivity index (χ0n) is 6.23. The number of nitrogens with zero attached hydrogens (tertiary/aromatic N) is 2. The van der Waals surface area contributed by atoms with Gasteiger partial charge in [-0.15, -0.1) is 0 Å². The van der Waals surface area contributed by atoms with Crippen molar-refractivity contribution in [3.63, 3.8) is 0 Å². The maximum atomic E-state index is 10.7. The second-order valence-electron chi connectivity index (χ2n) is 1.99. The molecule has 0 atom stereocenters. The molecule has 0 amide bonds. The zero-order valence-corrected chi connectivity index (χ0v) is 7.04. The minimum atomic E-state index is -3.61. The monoisotopic (exact) mass is 178 g/mol. The number of hydrogen-bond acceptors (Lipinski definition) is 3. The minimum Gasteiger partial charge on any atom is -0.772 e. The van der Waals surface area contributed by atoms with Crippen molar-refractivity contribution >= 4 is 10.0 Å². The number of hydroxylamine groups is 1. The highest BCUT2D eigenvalue weighted by Crippen LogP contribution is 1.97. The van der Waals surface area contributed by atoms with E-state index in [1.165, 1.54) is 0 Å². The van der Waals surface area contributed by atoms with Crippen molar-refractivity contribution in [3.05, 3.63) is 10.1 Å². The molecule has 0 aliphatic carbocycles. The van der Waals surface area contributed by atoms with Crippen LogP contribution in [-0.2, 0) is 10.0 Å². The summed E-state index contributed by atoms with van der Waals surface area (Å²) >= 11 is 0. The van der Waals surface area contributed by atoms with E-state index >= 15 is 0 Å². The molecule has 0 fully saturated rings. The summed E-state index contributed by atoms with van der Waals surface area (Å²) in [6.45, 7) is 5.03. The first-order valence-electron chi connectivity index (χ1n) is 3.01. The summed E-state index contributed by atoms with van der Waals surface area (Å²) < 4.78 is 21.4. The quantitative estimate of drug-likeness (QED) is 0.453. The van der Waals surface area contributed by atoms with E-state index in [4.69, 9.17) is 6.57 Å². The molecule has 64 valence electrons. The molecule has 0 aromatic carbocycles. The van der Waals surface area contributed by atoms with Crippen LogP contribution in [0.2, 0.25) is 0 Å². The van der Waals surface area contributed by atoms with Crippen molar-refractivity contribution in [1.82, 2.24) is 4.47 Å². The lowest BCUT2D eigenvalue weighted by atomic mass is 10.5. The molecule has 0 aliphatic heterocycles. The molecule has 5 nitrogen and oxygen atoms in total. The first-order chi connectivity index (χ1) is 5.00. The fraction of sp³-hybridized carbons (Fsp3) is 0.800. The van der Waals surface area contributed by atoms with Crippen LogP contribution >= 0.6 is 0 Å². The average molecular weight is 178 g/mol. The van der Waals surface area contributed by atoms with Gasteiger partial charge in [-0.1, -0.05) is 4.85 Å². The van der Waals surface area contributed by atoms with Gasteiger partial charge in [0.15, 0.2) is 0 Å². The fourth-order valence-electron chi connectivity index (χ4n) is 0.467. The van der Waals surface area contributed by atoms with E-state index in [2.05, 4.69) is 4.85 Å². The van der Waals surface area contributed by atoms with Crippen LogP contribution < -0.4 is 0 Å². The molecule has 0 unspecified atom stereocenters. The Labute approximate surface area is 66.1 Å². The van der Waals surface area contributed by atoms with Crippen molar-refractivity contribution < 1.29 is 8.42 Å². The van der Waals surface area contributed by atoms with Gasteiger partial charge in [0, 0.05) is 6.42 Å². The fourth-order valence-corrected chi connectivity index (χ4v) is 1.22. The van der Waals surface area contributed by atoms with Gasteiger partial charge in [0.2, 0.25) is 10.0 Å².